The van der Waals surface area contributed by atoms with Crippen molar-refractivity contribution in [3.05, 3.63) is 35.7 Å². The maximum Gasteiger partial charge on any atom is 0.432 e. The molecule has 0 aliphatic carbocycles. The van der Waals surface area contributed by atoms with Crippen molar-refractivity contribution in [2.45, 2.75) is 24.8 Å². The number of rotatable bonds is 2. The van der Waals surface area contributed by atoms with Crippen molar-refractivity contribution < 1.29 is 26.3 Å². The van der Waals surface area contributed by atoms with Gasteiger partial charge in [-0.15, -0.1) is 0 Å². The molecule has 5 nitrogen and oxygen atoms in total. The van der Waals surface area contributed by atoms with E-state index < -0.39 is 36.2 Å². The second-order valence-electron chi connectivity index (χ2n) is 5.05. The van der Waals surface area contributed by atoms with E-state index in [0.29, 0.717) is 0 Å². The molecule has 1 aliphatic heterocycles. The van der Waals surface area contributed by atoms with Gasteiger partial charge in [-0.2, -0.15) is 36.5 Å². The molecule has 1 atom stereocenters. The zero-order valence-electron chi connectivity index (χ0n) is 11.7. The van der Waals surface area contributed by atoms with Crippen LogP contribution in [0.4, 0.5) is 26.3 Å². The van der Waals surface area contributed by atoms with E-state index in [0.717, 1.165) is 6.07 Å². The number of hydrogen-bond donors (Lipinski definition) is 2. The lowest BCUT2D eigenvalue weighted by Crippen LogP contribution is -2.21. The van der Waals surface area contributed by atoms with E-state index in [1.54, 1.807) is 0 Å². The number of nitrogens with one attached hydrogen (secondary N) is 2. The molecule has 3 rings (SSSR count). The number of pyridine rings is 1. The molecule has 0 amide bonds. The SMILES string of the molecule is FC(F)(F)C1=NNC(c2cccc(-c3cc(C(F)(F)F)[nH]n3)n2)C1. The van der Waals surface area contributed by atoms with Gasteiger partial charge in [0.05, 0.1) is 17.4 Å². The highest BCUT2D eigenvalue weighted by molar-refractivity contribution is 5.91. The first-order chi connectivity index (χ1) is 11.1. The Morgan fingerprint density at radius 1 is 1.00 bits per heavy atom. The molecule has 128 valence electrons. The Kier molecular flexibility index (Phi) is 3.73. The first-order valence-electron chi connectivity index (χ1n) is 6.64. The van der Waals surface area contributed by atoms with Gasteiger partial charge in [-0.05, 0) is 18.2 Å². The van der Waals surface area contributed by atoms with E-state index in [2.05, 4.69) is 20.6 Å². The highest BCUT2D eigenvalue weighted by Gasteiger charge is 2.40. The van der Waals surface area contributed by atoms with Crippen molar-refractivity contribution in [3.8, 4) is 11.4 Å². The predicted octanol–water partition coefficient (Wildman–Crippen LogP) is 3.44. The van der Waals surface area contributed by atoms with Gasteiger partial charge in [0, 0.05) is 6.42 Å². The van der Waals surface area contributed by atoms with Crippen LogP contribution < -0.4 is 5.43 Å². The maximum absolute atomic E-state index is 12.6. The fraction of sp³-hybridized carbons (Fsp3) is 0.308. The summed E-state index contributed by atoms with van der Waals surface area (Å²) in [5.41, 5.74) is 0.625. The van der Waals surface area contributed by atoms with Crippen molar-refractivity contribution >= 4 is 5.71 Å². The van der Waals surface area contributed by atoms with Gasteiger partial charge < -0.3 is 5.43 Å². The topological polar surface area (TPSA) is 66.0 Å². The first-order valence-corrected chi connectivity index (χ1v) is 6.64. The third-order valence-electron chi connectivity index (χ3n) is 3.35. The summed E-state index contributed by atoms with van der Waals surface area (Å²) in [6.45, 7) is 0. The second kappa shape index (κ2) is 5.49. The molecule has 1 aliphatic rings. The lowest BCUT2D eigenvalue weighted by atomic mass is 10.1. The van der Waals surface area contributed by atoms with Crippen LogP contribution in [0.5, 0.6) is 0 Å². The van der Waals surface area contributed by atoms with E-state index in [1.807, 2.05) is 5.10 Å². The van der Waals surface area contributed by atoms with Gasteiger partial charge in [0.15, 0.2) is 0 Å². The highest BCUT2D eigenvalue weighted by atomic mass is 19.4. The normalized spacial score (nSPS) is 18.4. The van der Waals surface area contributed by atoms with Gasteiger partial charge in [-0.25, -0.2) is 4.98 Å². The molecule has 11 heteroatoms. The minimum atomic E-state index is -4.58. The smallest absolute Gasteiger partial charge is 0.300 e. The average Bonchev–Trinajstić information content (AvgIpc) is 3.16. The van der Waals surface area contributed by atoms with E-state index in [9.17, 15) is 26.3 Å². The fourth-order valence-corrected chi connectivity index (χ4v) is 2.18. The number of halogens is 6. The summed E-state index contributed by atoms with van der Waals surface area (Å²) < 4.78 is 75.5. The minimum absolute atomic E-state index is 0.0564. The fourth-order valence-electron chi connectivity index (χ4n) is 2.18. The number of H-pyrrole nitrogens is 1. The molecule has 24 heavy (non-hydrogen) atoms. The third-order valence-corrected chi connectivity index (χ3v) is 3.35. The second-order valence-corrected chi connectivity index (χ2v) is 5.05. The largest absolute Gasteiger partial charge is 0.432 e. The lowest BCUT2D eigenvalue weighted by molar-refractivity contribution is -0.141. The summed E-state index contributed by atoms with van der Waals surface area (Å²) in [7, 11) is 0. The van der Waals surface area contributed by atoms with Crippen molar-refractivity contribution in [2.75, 3.05) is 0 Å². The summed E-state index contributed by atoms with van der Waals surface area (Å²) >= 11 is 0. The minimum Gasteiger partial charge on any atom is -0.300 e. The Hall–Kier alpha value is -2.59. The Morgan fingerprint density at radius 3 is 2.33 bits per heavy atom. The summed E-state index contributed by atoms with van der Waals surface area (Å²) in [4.78, 5) is 4.08. The number of hydrazone groups is 1. The van der Waals surface area contributed by atoms with Crippen LogP contribution in [-0.4, -0.2) is 27.1 Å². The first kappa shape index (κ1) is 16.3. The zero-order valence-corrected chi connectivity index (χ0v) is 11.7. The molecule has 2 N–H and O–H groups in total. The average molecular weight is 349 g/mol. The molecular weight excluding hydrogens is 340 g/mol. The molecule has 2 aromatic heterocycles. The molecule has 3 heterocycles. The molecular formula is C13H9F6N5. The molecule has 0 bridgehead atoms. The van der Waals surface area contributed by atoms with Gasteiger partial charge in [0.1, 0.15) is 17.1 Å². The van der Waals surface area contributed by atoms with Crippen LogP contribution in [0.2, 0.25) is 0 Å². The number of aromatic nitrogens is 3. The van der Waals surface area contributed by atoms with Gasteiger partial charge in [-0.1, -0.05) is 6.07 Å². The highest BCUT2D eigenvalue weighted by Crippen LogP contribution is 2.32. The standard InChI is InChI=1S/C13H9F6N5/c14-12(15,16)10-4-8(21-23-10)6-2-1-3-7(20-6)9-5-11(24-22-9)13(17,18)19/h1-4,9,22H,5H2,(H,21,23). The van der Waals surface area contributed by atoms with E-state index in [4.69, 9.17) is 0 Å². The number of aromatic amines is 1. The van der Waals surface area contributed by atoms with Crippen LogP contribution in [0.3, 0.4) is 0 Å². The molecule has 0 saturated carbocycles. The Morgan fingerprint density at radius 2 is 1.75 bits per heavy atom. The summed E-state index contributed by atoms with van der Waals surface area (Å²) in [6, 6.07) is 4.34. The molecule has 2 aromatic rings. The number of nitrogens with zero attached hydrogens (tertiary/aromatic N) is 3. The van der Waals surface area contributed by atoms with Crippen LogP contribution in [-0.2, 0) is 6.18 Å². The molecule has 0 radical (unpaired) electrons. The van der Waals surface area contributed by atoms with Crippen LogP contribution in [0.25, 0.3) is 11.4 Å². The summed E-state index contributed by atoms with van der Waals surface area (Å²) in [5.74, 6) is 0. The van der Waals surface area contributed by atoms with Crippen LogP contribution >= 0.6 is 0 Å². The maximum atomic E-state index is 12.6. The van der Waals surface area contributed by atoms with Gasteiger partial charge in [0.2, 0.25) is 0 Å². The van der Waals surface area contributed by atoms with Crippen molar-refractivity contribution in [3.63, 3.8) is 0 Å². The number of alkyl halides is 6. The number of hydrogen-bond acceptors (Lipinski definition) is 4. The quantitative estimate of drug-likeness (QED) is 0.817. The van der Waals surface area contributed by atoms with Gasteiger partial charge >= 0.3 is 12.4 Å². The van der Waals surface area contributed by atoms with Crippen LogP contribution in [0, 0.1) is 0 Å². The van der Waals surface area contributed by atoms with Crippen molar-refractivity contribution in [1.29, 1.82) is 0 Å². The molecule has 0 fully saturated rings. The lowest BCUT2D eigenvalue weighted by Gasteiger charge is -2.10. The Labute approximate surface area is 130 Å². The summed E-state index contributed by atoms with van der Waals surface area (Å²) in [5, 5.41) is 8.63. The van der Waals surface area contributed by atoms with E-state index >= 15 is 0 Å². The summed E-state index contributed by atoms with van der Waals surface area (Å²) in [6.07, 6.45) is -9.52. The van der Waals surface area contributed by atoms with Crippen LogP contribution in [0.1, 0.15) is 23.9 Å². The monoisotopic (exact) mass is 349 g/mol. The molecule has 0 aromatic carbocycles. The molecule has 0 spiro atoms. The Balaban J connectivity index is 1.82. The van der Waals surface area contributed by atoms with Crippen LogP contribution in [0.15, 0.2) is 29.4 Å². The Bertz CT molecular complexity index is 776. The van der Waals surface area contributed by atoms with E-state index in [-0.39, 0.29) is 17.1 Å². The molecule has 1 unspecified atom stereocenters. The third kappa shape index (κ3) is 3.19. The van der Waals surface area contributed by atoms with Gasteiger partial charge in [0.25, 0.3) is 0 Å². The van der Waals surface area contributed by atoms with Gasteiger partial charge in [-0.3, -0.25) is 5.10 Å². The van der Waals surface area contributed by atoms with Crippen molar-refractivity contribution in [2.24, 2.45) is 5.10 Å². The van der Waals surface area contributed by atoms with E-state index in [1.165, 1.54) is 18.2 Å². The van der Waals surface area contributed by atoms with Crippen molar-refractivity contribution in [1.82, 2.24) is 20.6 Å². The molecule has 0 saturated heterocycles. The predicted molar refractivity (Wildman–Crippen MR) is 70.8 cm³/mol. The zero-order chi connectivity index (χ0) is 17.5.